The number of nitrogens with zero attached hydrogens (tertiary/aromatic N) is 1. The fourth-order valence-corrected chi connectivity index (χ4v) is 2.19. The lowest BCUT2D eigenvalue weighted by Gasteiger charge is -2.11. The van der Waals surface area contributed by atoms with Crippen molar-refractivity contribution < 1.29 is 14.4 Å². The Labute approximate surface area is 151 Å². The number of thiocarbonyl (C=S) groups is 1. The topological polar surface area (TPSA) is 85.7 Å². The van der Waals surface area contributed by atoms with E-state index in [0.717, 1.165) is 11.5 Å². The molecule has 0 atom stereocenters. The van der Waals surface area contributed by atoms with E-state index in [2.05, 4.69) is 10.6 Å². The molecule has 0 aliphatic carbocycles. The maximum Gasteiger partial charge on any atom is 0.269 e. The Morgan fingerprint density at radius 3 is 2.24 bits per heavy atom. The maximum atomic E-state index is 10.6. The Balaban J connectivity index is 1.68. The minimum absolute atomic E-state index is 0.0354. The summed E-state index contributed by atoms with van der Waals surface area (Å²) in [7, 11) is 0. The van der Waals surface area contributed by atoms with Crippen molar-refractivity contribution in [1.29, 1.82) is 0 Å². The first-order valence-electron chi connectivity index (χ1n) is 7.73. The summed E-state index contributed by atoms with van der Waals surface area (Å²) in [6.07, 6.45) is 0. The number of nitrogens with one attached hydrogen (secondary N) is 2. The van der Waals surface area contributed by atoms with Crippen LogP contribution in [-0.2, 0) is 0 Å². The Kier molecular flexibility index (Phi) is 6.97. The summed E-state index contributed by atoms with van der Waals surface area (Å²) in [5.41, 5.74) is 0.712. The van der Waals surface area contributed by atoms with Crippen molar-refractivity contribution in [3.8, 4) is 11.5 Å². The van der Waals surface area contributed by atoms with Crippen molar-refractivity contribution in [2.24, 2.45) is 0 Å². The molecule has 2 aromatic carbocycles. The molecule has 7 nitrogen and oxygen atoms in total. The molecule has 0 saturated heterocycles. The van der Waals surface area contributed by atoms with Crippen molar-refractivity contribution in [2.75, 3.05) is 25.1 Å². The quantitative estimate of drug-likeness (QED) is 0.323. The molecule has 0 fully saturated rings. The Bertz CT molecular complexity index is 705. The zero-order valence-electron chi connectivity index (χ0n) is 13.7. The molecule has 2 rings (SSSR count). The smallest absolute Gasteiger partial charge is 0.269 e. The van der Waals surface area contributed by atoms with E-state index < -0.39 is 4.92 Å². The van der Waals surface area contributed by atoms with Crippen LogP contribution in [0.2, 0.25) is 0 Å². The SMILES string of the molecule is CCOc1ccc(OCCNC(=S)Nc2ccc([N+](=O)[O-])cc2)cc1. The van der Waals surface area contributed by atoms with Crippen LogP contribution in [-0.4, -0.2) is 29.8 Å². The van der Waals surface area contributed by atoms with Gasteiger partial charge in [0.15, 0.2) is 5.11 Å². The summed E-state index contributed by atoms with van der Waals surface area (Å²) >= 11 is 5.17. The van der Waals surface area contributed by atoms with Gasteiger partial charge in [-0.25, -0.2) is 0 Å². The molecule has 2 N–H and O–H groups in total. The molecule has 0 heterocycles. The lowest BCUT2D eigenvalue weighted by Crippen LogP contribution is -2.31. The lowest BCUT2D eigenvalue weighted by atomic mass is 10.3. The van der Waals surface area contributed by atoms with Gasteiger partial charge in [0.25, 0.3) is 5.69 Å². The van der Waals surface area contributed by atoms with E-state index in [-0.39, 0.29) is 5.69 Å². The van der Waals surface area contributed by atoms with Crippen molar-refractivity contribution in [1.82, 2.24) is 5.32 Å². The molecule has 25 heavy (non-hydrogen) atoms. The van der Waals surface area contributed by atoms with E-state index in [1.54, 1.807) is 12.1 Å². The second-order valence-corrected chi connectivity index (χ2v) is 5.35. The number of nitro groups is 1. The second kappa shape index (κ2) is 9.43. The minimum atomic E-state index is -0.446. The second-order valence-electron chi connectivity index (χ2n) is 4.94. The molecule has 0 aliphatic heterocycles. The van der Waals surface area contributed by atoms with Crippen LogP contribution in [0.3, 0.4) is 0 Å². The van der Waals surface area contributed by atoms with E-state index in [0.29, 0.717) is 30.6 Å². The van der Waals surface area contributed by atoms with Crippen LogP contribution < -0.4 is 20.1 Å². The summed E-state index contributed by atoms with van der Waals surface area (Å²) < 4.78 is 11.0. The molecule has 2 aromatic rings. The monoisotopic (exact) mass is 361 g/mol. The third kappa shape index (κ3) is 6.27. The molecule has 8 heteroatoms. The minimum Gasteiger partial charge on any atom is -0.494 e. The number of non-ortho nitro benzene ring substituents is 1. The van der Waals surface area contributed by atoms with Crippen LogP contribution in [0.15, 0.2) is 48.5 Å². The summed E-state index contributed by atoms with van der Waals surface area (Å²) in [5.74, 6) is 1.56. The van der Waals surface area contributed by atoms with Crippen molar-refractivity contribution in [3.05, 3.63) is 58.6 Å². The molecular formula is C17H19N3O4S. The number of benzene rings is 2. The van der Waals surface area contributed by atoms with Crippen LogP contribution in [0.4, 0.5) is 11.4 Å². The summed E-state index contributed by atoms with van der Waals surface area (Å²) in [4.78, 5) is 10.2. The highest BCUT2D eigenvalue weighted by Crippen LogP contribution is 2.17. The molecule has 0 bridgehead atoms. The number of hydrogen-bond acceptors (Lipinski definition) is 5. The molecular weight excluding hydrogens is 342 g/mol. The molecule has 0 aliphatic rings. The van der Waals surface area contributed by atoms with Gasteiger partial charge in [0.2, 0.25) is 0 Å². The van der Waals surface area contributed by atoms with Crippen molar-refractivity contribution >= 4 is 28.7 Å². The Morgan fingerprint density at radius 2 is 1.68 bits per heavy atom. The van der Waals surface area contributed by atoms with Gasteiger partial charge in [-0.15, -0.1) is 0 Å². The molecule has 0 saturated carbocycles. The maximum absolute atomic E-state index is 10.6. The fraction of sp³-hybridized carbons (Fsp3) is 0.235. The molecule has 0 radical (unpaired) electrons. The zero-order valence-corrected chi connectivity index (χ0v) is 14.5. The number of ether oxygens (including phenoxy) is 2. The number of anilines is 1. The van der Waals surface area contributed by atoms with Crippen molar-refractivity contribution in [3.63, 3.8) is 0 Å². The van der Waals surface area contributed by atoms with Gasteiger partial charge in [-0.1, -0.05) is 0 Å². The number of hydrogen-bond donors (Lipinski definition) is 2. The molecule has 0 aromatic heterocycles. The summed E-state index contributed by atoms with van der Waals surface area (Å²) in [6, 6.07) is 13.4. The van der Waals surface area contributed by atoms with Gasteiger partial charge in [0, 0.05) is 17.8 Å². The van der Waals surface area contributed by atoms with Crippen molar-refractivity contribution in [2.45, 2.75) is 6.92 Å². The largest absolute Gasteiger partial charge is 0.494 e. The molecule has 132 valence electrons. The van der Waals surface area contributed by atoms with Crippen LogP contribution in [0, 0.1) is 10.1 Å². The highest BCUT2D eigenvalue weighted by Gasteiger charge is 2.04. The normalized spacial score (nSPS) is 9.96. The zero-order chi connectivity index (χ0) is 18.1. The number of rotatable bonds is 8. The summed E-state index contributed by atoms with van der Waals surface area (Å²) in [6.45, 7) is 3.52. The Hall–Kier alpha value is -2.87. The predicted molar refractivity (Wildman–Crippen MR) is 100 cm³/mol. The average molecular weight is 361 g/mol. The van der Waals surface area contributed by atoms with Gasteiger partial charge in [-0.3, -0.25) is 10.1 Å². The van der Waals surface area contributed by atoms with E-state index >= 15 is 0 Å². The average Bonchev–Trinajstić information content (AvgIpc) is 2.61. The first-order chi connectivity index (χ1) is 12.1. The third-order valence-corrected chi connectivity index (χ3v) is 3.37. The molecule has 0 unspecified atom stereocenters. The van der Waals surface area contributed by atoms with Crippen LogP contribution in [0.25, 0.3) is 0 Å². The molecule has 0 spiro atoms. The Morgan fingerprint density at radius 1 is 1.08 bits per heavy atom. The third-order valence-electron chi connectivity index (χ3n) is 3.13. The standard InChI is InChI=1S/C17H19N3O4S/c1-2-23-15-7-9-16(10-8-15)24-12-11-18-17(25)19-13-3-5-14(6-4-13)20(21)22/h3-10H,2,11-12H2,1H3,(H2,18,19,25). The van der Waals surface area contributed by atoms with Gasteiger partial charge in [0.1, 0.15) is 18.1 Å². The van der Waals surface area contributed by atoms with Crippen LogP contribution in [0.5, 0.6) is 11.5 Å². The van der Waals surface area contributed by atoms with Crippen LogP contribution in [0.1, 0.15) is 6.92 Å². The molecule has 0 amide bonds. The first-order valence-corrected chi connectivity index (χ1v) is 8.14. The first kappa shape index (κ1) is 18.5. The van der Waals surface area contributed by atoms with Gasteiger partial charge < -0.3 is 20.1 Å². The fourth-order valence-electron chi connectivity index (χ4n) is 1.97. The lowest BCUT2D eigenvalue weighted by molar-refractivity contribution is -0.384. The van der Waals surface area contributed by atoms with Crippen LogP contribution >= 0.6 is 12.2 Å². The van der Waals surface area contributed by atoms with E-state index in [1.807, 2.05) is 31.2 Å². The highest BCUT2D eigenvalue weighted by atomic mass is 32.1. The van der Waals surface area contributed by atoms with Gasteiger partial charge in [-0.2, -0.15) is 0 Å². The van der Waals surface area contributed by atoms with Gasteiger partial charge in [-0.05, 0) is 55.5 Å². The highest BCUT2D eigenvalue weighted by molar-refractivity contribution is 7.80. The summed E-state index contributed by atoms with van der Waals surface area (Å²) in [5, 5.41) is 17.0. The van der Waals surface area contributed by atoms with E-state index in [4.69, 9.17) is 21.7 Å². The number of nitro benzene ring substituents is 1. The van der Waals surface area contributed by atoms with E-state index in [9.17, 15) is 10.1 Å². The van der Waals surface area contributed by atoms with Gasteiger partial charge in [0.05, 0.1) is 18.1 Å². The van der Waals surface area contributed by atoms with E-state index in [1.165, 1.54) is 12.1 Å². The predicted octanol–water partition coefficient (Wildman–Crippen LogP) is 3.36. The van der Waals surface area contributed by atoms with Gasteiger partial charge >= 0.3 is 0 Å².